The van der Waals surface area contributed by atoms with E-state index >= 15 is 0 Å². The SMILES string of the molecule is CC(C)(C)[Si](C)(C)O[C@@H]1[C@H](O[Si](C)(C)C(C)(C)C)[C@@H](CN)O[C@H]1n1c(Br)nc2c(N)ncnc21. The average Bonchev–Trinajstić information content (AvgIpc) is 3.17. The van der Waals surface area contributed by atoms with Gasteiger partial charge in [-0.1, -0.05) is 41.5 Å². The van der Waals surface area contributed by atoms with Crippen LogP contribution in [0.4, 0.5) is 5.82 Å². The van der Waals surface area contributed by atoms with Crippen LogP contribution >= 0.6 is 15.9 Å². The van der Waals surface area contributed by atoms with Gasteiger partial charge in [-0.3, -0.25) is 4.57 Å². The molecule has 0 amide bonds. The summed E-state index contributed by atoms with van der Waals surface area (Å²) in [4.78, 5) is 13.1. The van der Waals surface area contributed by atoms with Crippen molar-refractivity contribution >= 4 is 49.5 Å². The maximum Gasteiger partial charge on any atom is 0.192 e. The Morgan fingerprint density at radius 3 is 2.03 bits per heavy atom. The zero-order valence-electron chi connectivity index (χ0n) is 22.1. The molecule has 0 aliphatic carbocycles. The first-order chi connectivity index (χ1) is 15.4. The summed E-state index contributed by atoms with van der Waals surface area (Å²) in [6, 6.07) is 0. The van der Waals surface area contributed by atoms with E-state index in [4.69, 9.17) is 25.1 Å². The lowest BCUT2D eigenvalue weighted by Crippen LogP contribution is -2.54. The highest BCUT2D eigenvalue weighted by Gasteiger charge is 2.54. The first-order valence-electron chi connectivity index (χ1n) is 11.8. The van der Waals surface area contributed by atoms with Crippen LogP contribution in [-0.2, 0) is 13.6 Å². The van der Waals surface area contributed by atoms with Gasteiger partial charge in [0, 0.05) is 6.54 Å². The molecule has 1 aliphatic heterocycles. The largest absolute Gasteiger partial charge is 0.408 e. The summed E-state index contributed by atoms with van der Waals surface area (Å²) >= 11 is 3.60. The zero-order valence-corrected chi connectivity index (χ0v) is 25.7. The number of nitrogens with zero attached hydrogens (tertiary/aromatic N) is 4. The van der Waals surface area contributed by atoms with E-state index < -0.39 is 29.0 Å². The van der Waals surface area contributed by atoms with E-state index in [2.05, 4.69) is 98.6 Å². The molecule has 12 heteroatoms. The fourth-order valence-electron chi connectivity index (χ4n) is 3.53. The van der Waals surface area contributed by atoms with E-state index in [0.29, 0.717) is 28.3 Å². The minimum atomic E-state index is -2.22. The molecular weight excluding hydrogens is 532 g/mol. The molecule has 34 heavy (non-hydrogen) atoms. The van der Waals surface area contributed by atoms with Crippen molar-refractivity contribution in [3.05, 3.63) is 11.1 Å². The second-order valence-electron chi connectivity index (χ2n) is 12.2. The monoisotopic (exact) mass is 572 g/mol. The van der Waals surface area contributed by atoms with Gasteiger partial charge in [0.1, 0.15) is 18.5 Å². The van der Waals surface area contributed by atoms with Gasteiger partial charge in [-0.05, 0) is 52.2 Å². The van der Waals surface area contributed by atoms with Crippen LogP contribution in [0, 0.1) is 0 Å². The van der Waals surface area contributed by atoms with Crippen LogP contribution < -0.4 is 11.5 Å². The Labute approximate surface area is 213 Å². The first kappa shape index (κ1) is 27.7. The molecule has 0 saturated carbocycles. The van der Waals surface area contributed by atoms with Crippen LogP contribution in [0.15, 0.2) is 11.1 Å². The van der Waals surface area contributed by atoms with E-state index in [9.17, 15) is 0 Å². The van der Waals surface area contributed by atoms with Crippen molar-refractivity contribution in [2.24, 2.45) is 5.73 Å². The molecule has 0 bridgehead atoms. The van der Waals surface area contributed by atoms with Gasteiger partial charge in [0.15, 0.2) is 44.6 Å². The quantitative estimate of drug-likeness (QED) is 0.373. The van der Waals surface area contributed by atoms with E-state index in [1.807, 2.05) is 4.57 Å². The van der Waals surface area contributed by atoms with Gasteiger partial charge in [0.2, 0.25) is 0 Å². The number of fused-ring (bicyclic) bond motifs is 1. The Hall–Kier alpha value is -0.896. The third-order valence-electron chi connectivity index (χ3n) is 7.71. The van der Waals surface area contributed by atoms with Crippen molar-refractivity contribution in [3.63, 3.8) is 0 Å². The van der Waals surface area contributed by atoms with Gasteiger partial charge >= 0.3 is 0 Å². The van der Waals surface area contributed by atoms with Gasteiger partial charge < -0.3 is 25.1 Å². The third-order valence-corrected chi connectivity index (χ3v) is 17.2. The van der Waals surface area contributed by atoms with Crippen molar-refractivity contribution in [3.8, 4) is 0 Å². The minimum absolute atomic E-state index is 0.000705. The number of hydrogen-bond acceptors (Lipinski definition) is 8. The van der Waals surface area contributed by atoms with Crippen molar-refractivity contribution < 1.29 is 13.6 Å². The molecule has 4 atom stereocenters. The molecule has 2 aromatic heterocycles. The number of nitrogens with two attached hydrogens (primary N) is 2. The maximum atomic E-state index is 7.05. The molecule has 1 fully saturated rings. The Morgan fingerprint density at radius 1 is 1.00 bits per heavy atom. The van der Waals surface area contributed by atoms with Crippen molar-refractivity contribution in [1.29, 1.82) is 0 Å². The fourth-order valence-corrected chi connectivity index (χ4v) is 6.68. The molecule has 3 rings (SSSR count). The van der Waals surface area contributed by atoms with E-state index in [1.165, 1.54) is 6.33 Å². The van der Waals surface area contributed by atoms with Crippen molar-refractivity contribution in [1.82, 2.24) is 19.5 Å². The second kappa shape index (κ2) is 9.20. The number of hydrogen-bond donors (Lipinski definition) is 2. The van der Waals surface area contributed by atoms with E-state index in [0.717, 1.165) is 0 Å². The van der Waals surface area contributed by atoms with Gasteiger partial charge in [0.05, 0.1) is 6.10 Å². The molecule has 1 aliphatic rings. The molecule has 192 valence electrons. The first-order valence-corrected chi connectivity index (χ1v) is 18.4. The number of imidazole rings is 1. The van der Waals surface area contributed by atoms with Gasteiger partial charge in [0.25, 0.3) is 0 Å². The lowest BCUT2D eigenvalue weighted by atomic mass is 10.1. The van der Waals surface area contributed by atoms with Gasteiger partial charge in [-0.15, -0.1) is 0 Å². The van der Waals surface area contributed by atoms with E-state index in [1.54, 1.807) is 0 Å². The second-order valence-corrected chi connectivity index (χ2v) is 22.4. The maximum absolute atomic E-state index is 7.05. The van der Waals surface area contributed by atoms with Crippen LogP contribution in [0.3, 0.4) is 0 Å². The molecule has 0 radical (unpaired) electrons. The third kappa shape index (κ3) is 5.00. The minimum Gasteiger partial charge on any atom is -0.408 e. The summed E-state index contributed by atoms with van der Waals surface area (Å²) in [6.07, 6.45) is -0.157. The number of rotatable bonds is 6. The van der Waals surface area contributed by atoms with Gasteiger partial charge in [-0.25, -0.2) is 15.0 Å². The molecular formula is C22H41BrN6O3Si2. The summed E-state index contributed by atoms with van der Waals surface area (Å²) in [5.74, 6) is 0.314. The molecule has 0 spiro atoms. The van der Waals surface area contributed by atoms with Crippen molar-refractivity contribution in [2.45, 2.75) is 102 Å². The summed E-state index contributed by atoms with van der Waals surface area (Å²) in [5.41, 5.74) is 13.4. The van der Waals surface area contributed by atoms with Crippen LogP contribution in [0.25, 0.3) is 11.2 Å². The number of halogens is 1. The molecule has 0 unspecified atom stereocenters. The highest BCUT2D eigenvalue weighted by molar-refractivity contribution is 9.10. The van der Waals surface area contributed by atoms with Crippen LogP contribution in [-0.4, -0.2) is 61.0 Å². The fraction of sp³-hybridized carbons (Fsp3) is 0.773. The standard InChI is InChI=1S/C22H41BrN6O3Si2/c1-21(2,3)33(7,8)31-15-13(11-24)30-19(16(15)32-34(9,10)22(4,5)6)29-18-14(28-20(29)23)17(25)26-12-27-18/h12-13,15-16,19H,11,24H2,1-10H3,(H2,25,26,27)/t13-,15-,16-,19-/m1/s1. The molecule has 2 aromatic rings. The molecule has 3 heterocycles. The predicted octanol–water partition coefficient (Wildman–Crippen LogP) is 4.81. The average molecular weight is 574 g/mol. The van der Waals surface area contributed by atoms with Gasteiger partial charge in [-0.2, -0.15) is 0 Å². The summed E-state index contributed by atoms with van der Waals surface area (Å²) < 4.78 is 23.0. The summed E-state index contributed by atoms with van der Waals surface area (Å²) in [6.45, 7) is 22.7. The summed E-state index contributed by atoms with van der Waals surface area (Å²) in [5, 5.41) is 0.0242. The smallest absolute Gasteiger partial charge is 0.192 e. The molecule has 0 aromatic carbocycles. The van der Waals surface area contributed by atoms with E-state index in [-0.39, 0.29) is 22.3 Å². The Kier molecular flexibility index (Phi) is 7.49. The predicted molar refractivity (Wildman–Crippen MR) is 145 cm³/mol. The normalized spacial score (nSPS) is 24.8. The van der Waals surface area contributed by atoms with Crippen LogP contribution in [0.1, 0.15) is 47.8 Å². The molecule has 4 N–H and O–H groups in total. The summed E-state index contributed by atoms with van der Waals surface area (Å²) in [7, 11) is -4.38. The topological polar surface area (TPSA) is 123 Å². The van der Waals surface area contributed by atoms with Crippen LogP contribution in [0.5, 0.6) is 0 Å². The number of aromatic nitrogens is 4. The number of nitrogen functional groups attached to an aromatic ring is 1. The lowest BCUT2D eigenvalue weighted by Gasteiger charge is -2.44. The highest BCUT2D eigenvalue weighted by atomic mass is 79.9. The molecule has 9 nitrogen and oxygen atoms in total. The van der Waals surface area contributed by atoms with Crippen molar-refractivity contribution in [2.75, 3.05) is 12.3 Å². The highest BCUT2D eigenvalue weighted by Crippen LogP contribution is 2.46. The lowest BCUT2D eigenvalue weighted by molar-refractivity contribution is -0.0299. The Morgan fingerprint density at radius 2 is 1.53 bits per heavy atom. The number of anilines is 1. The Balaban J connectivity index is 2.15. The Bertz CT molecular complexity index is 1030. The van der Waals surface area contributed by atoms with Crippen LogP contribution in [0.2, 0.25) is 36.3 Å². The number of ether oxygens (including phenoxy) is 1. The molecule has 1 saturated heterocycles. The zero-order chi connectivity index (χ0) is 25.9.